The van der Waals surface area contributed by atoms with Gasteiger partial charge in [0.1, 0.15) is 0 Å². The molecule has 0 saturated heterocycles. The maximum absolute atomic E-state index is 11.6. The lowest BCUT2D eigenvalue weighted by Gasteiger charge is -2.10. The van der Waals surface area contributed by atoms with Crippen LogP contribution in [-0.4, -0.2) is 14.5 Å². The fraction of sp³-hybridized carbons (Fsp3) is 0.400. The zero-order valence-corrected chi connectivity index (χ0v) is 10.2. The van der Waals surface area contributed by atoms with Crippen LogP contribution < -0.4 is 0 Å². The number of benzene rings is 1. The molecular weight excluding hydrogens is 236 g/mol. The Morgan fingerprint density at radius 2 is 1.87 bits per heavy atom. The molecule has 0 aliphatic rings. The minimum absolute atomic E-state index is 0.132. The first-order chi connectivity index (χ1) is 6.95. The number of halogens is 1. The van der Waals surface area contributed by atoms with Crippen molar-refractivity contribution in [3.63, 3.8) is 0 Å². The van der Waals surface area contributed by atoms with E-state index in [1.54, 1.807) is 6.92 Å². The highest BCUT2D eigenvalue weighted by Gasteiger charge is 2.17. The van der Waals surface area contributed by atoms with Gasteiger partial charge in [-0.25, -0.2) is 0 Å². The molecule has 0 radical (unpaired) electrons. The average molecular weight is 249 g/mol. The molecule has 0 N–H and O–H groups in total. The second-order valence-corrected chi connectivity index (χ2v) is 5.23. The highest BCUT2D eigenvalue weighted by atomic mass is 35.5. The van der Waals surface area contributed by atoms with Crippen molar-refractivity contribution in [2.24, 2.45) is 0 Å². The predicted molar refractivity (Wildman–Crippen MR) is 59.5 cm³/mol. The molecule has 0 saturated carbocycles. The van der Waals surface area contributed by atoms with Crippen molar-refractivity contribution in [2.75, 3.05) is 0 Å². The van der Waals surface area contributed by atoms with Gasteiger partial charge in [-0.1, -0.05) is 18.5 Å². The maximum atomic E-state index is 11.6. The molecule has 0 aromatic heterocycles. The molecule has 5 heteroatoms. The van der Waals surface area contributed by atoms with Crippen molar-refractivity contribution in [1.29, 1.82) is 0 Å². The summed E-state index contributed by atoms with van der Waals surface area (Å²) in [6.45, 7) is 3.58. The minimum Gasteiger partial charge on any atom is -0.263 e. The second-order valence-electron chi connectivity index (χ2n) is 3.22. The Morgan fingerprint density at radius 1 is 1.33 bits per heavy atom. The Kier molecular flexibility index (Phi) is 4.13. The first-order valence-corrected chi connectivity index (χ1v) is 6.43. The minimum atomic E-state index is -3.65. The molecule has 1 aromatic rings. The summed E-state index contributed by atoms with van der Waals surface area (Å²) in [5, 5.41) is 0.498. The van der Waals surface area contributed by atoms with E-state index in [0.29, 0.717) is 11.4 Å². The molecule has 1 atom stereocenters. The third kappa shape index (κ3) is 3.48. The van der Waals surface area contributed by atoms with Gasteiger partial charge in [0.2, 0.25) is 0 Å². The van der Waals surface area contributed by atoms with Crippen molar-refractivity contribution in [1.82, 2.24) is 0 Å². The van der Waals surface area contributed by atoms with Gasteiger partial charge in [0.05, 0.1) is 11.0 Å². The Labute approximate surface area is 95.1 Å². The van der Waals surface area contributed by atoms with Crippen LogP contribution in [0.3, 0.4) is 0 Å². The van der Waals surface area contributed by atoms with E-state index in [0.717, 1.165) is 0 Å². The van der Waals surface area contributed by atoms with Crippen molar-refractivity contribution in [2.45, 2.75) is 31.3 Å². The smallest absolute Gasteiger partial charge is 0.263 e. The summed E-state index contributed by atoms with van der Waals surface area (Å²) in [4.78, 5) is 0.132. The van der Waals surface area contributed by atoms with Crippen LogP contribution >= 0.6 is 11.6 Å². The molecule has 1 aromatic carbocycles. The van der Waals surface area contributed by atoms with Gasteiger partial charge < -0.3 is 0 Å². The van der Waals surface area contributed by atoms with Gasteiger partial charge >= 0.3 is 0 Å². The number of hydrogen-bond donors (Lipinski definition) is 0. The van der Waals surface area contributed by atoms with Crippen LogP contribution in [0.5, 0.6) is 0 Å². The number of rotatable bonds is 4. The molecule has 0 aliphatic heterocycles. The Balaban J connectivity index is 2.91. The van der Waals surface area contributed by atoms with E-state index in [4.69, 9.17) is 15.8 Å². The van der Waals surface area contributed by atoms with Gasteiger partial charge in [0.25, 0.3) is 10.1 Å². The van der Waals surface area contributed by atoms with E-state index >= 15 is 0 Å². The van der Waals surface area contributed by atoms with Gasteiger partial charge in [0, 0.05) is 5.02 Å². The summed E-state index contributed by atoms with van der Waals surface area (Å²) >= 11 is 5.66. The van der Waals surface area contributed by atoms with E-state index < -0.39 is 10.1 Å². The largest absolute Gasteiger partial charge is 0.297 e. The fourth-order valence-corrected chi connectivity index (χ4v) is 2.22. The van der Waals surface area contributed by atoms with Crippen LogP contribution in [-0.2, 0) is 14.3 Å². The predicted octanol–water partition coefficient (Wildman–Crippen LogP) is 2.84. The van der Waals surface area contributed by atoms with Crippen LogP contribution in [0.4, 0.5) is 0 Å². The summed E-state index contributed by atoms with van der Waals surface area (Å²) in [7, 11) is -3.65. The summed E-state index contributed by atoms with van der Waals surface area (Å²) in [6.07, 6.45) is 0.331. The average Bonchev–Trinajstić information content (AvgIpc) is 2.17. The zero-order valence-electron chi connectivity index (χ0n) is 8.60. The fourth-order valence-electron chi connectivity index (χ4n) is 0.941. The van der Waals surface area contributed by atoms with Gasteiger partial charge in [-0.15, -0.1) is 0 Å². The van der Waals surface area contributed by atoms with Crippen LogP contribution in [0, 0.1) is 0 Å². The molecule has 0 fully saturated rings. The van der Waals surface area contributed by atoms with Gasteiger partial charge in [-0.2, -0.15) is 8.42 Å². The first-order valence-electron chi connectivity index (χ1n) is 4.64. The molecule has 1 unspecified atom stereocenters. The lowest BCUT2D eigenvalue weighted by molar-refractivity contribution is 0.224. The zero-order chi connectivity index (χ0) is 11.5. The van der Waals surface area contributed by atoms with E-state index in [1.807, 2.05) is 6.92 Å². The Bertz CT molecular complexity index is 411. The molecule has 0 heterocycles. The molecular formula is C10H13ClO3S. The lowest BCUT2D eigenvalue weighted by Crippen LogP contribution is -2.14. The molecule has 3 nitrogen and oxygen atoms in total. The molecule has 0 bridgehead atoms. The third-order valence-electron chi connectivity index (χ3n) is 1.97. The third-order valence-corrected chi connectivity index (χ3v) is 3.65. The maximum Gasteiger partial charge on any atom is 0.297 e. The standard InChI is InChI=1S/C10H13ClO3S/c1-3-8(2)14-15(12,13)10-6-4-9(11)5-7-10/h4-8H,3H2,1-2H3. The number of hydrogen-bond acceptors (Lipinski definition) is 3. The van der Waals surface area contributed by atoms with Gasteiger partial charge in [-0.05, 0) is 37.6 Å². The molecule has 1 rings (SSSR count). The molecule has 0 amide bonds. The molecule has 84 valence electrons. The monoisotopic (exact) mass is 248 g/mol. The van der Waals surface area contributed by atoms with Gasteiger partial charge in [0.15, 0.2) is 0 Å². The molecule has 15 heavy (non-hydrogen) atoms. The summed E-state index contributed by atoms with van der Waals surface area (Å²) in [5.74, 6) is 0. The second kappa shape index (κ2) is 4.96. The van der Waals surface area contributed by atoms with Crippen LogP contribution in [0.15, 0.2) is 29.2 Å². The lowest BCUT2D eigenvalue weighted by atomic mass is 10.3. The molecule has 0 spiro atoms. The van der Waals surface area contributed by atoms with Crippen molar-refractivity contribution in [3.05, 3.63) is 29.3 Å². The first kappa shape index (κ1) is 12.5. The summed E-state index contributed by atoms with van der Waals surface area (Å²) in [6, 6.07) is 5.91. The Hall–Kier alpha value is -0.580. The van der Waals surface area contributed by atoms with E-state index in [-0.39, 0.29) is 11.0 Å². The Morgan fingerprint density at radius 3 is 2.33 bits per heavy atom. The van der Waals surface area contributed by atoms with Gasteiger partial charge in [-0.3, -0.25) is 4.18 Å². The SMILES string of the molecule is CCC(C)OS(=O)(=O)c1ccc(Cl)cc1. The van der Waals surface area contributed by atoms with E-state index in [1.165, 1.54) is 24.3 Å². The van der Waals surface area contributed by atoms with E-state index in [2.05, 4.69) is 0 Å². The normalized spacial score (nSPS) is 13.8. The van der Waals surface area contributed by atoms with Crippen molar-refractivity contribution in [3.8, 4) is 0 Å². The quantitative estimate of drug-likeness (QED) is 0.770. The van der Waals surface area contributed by atoms with Crippen LogP contribution in [0.1, 0.15) is 20.3 Å². The van der Waals surface area contributed by atoms with Crippen LogP contribution in [0.25, 0.3) is 0 Å². The topological polar surface area (TPSA) is 43.4 Å². The summed E-state index contributed by atoms with van der Waals surface area (Å²) < 4.78 is 28.2. The highest BCUT2D eigenvalue weighted by molar-refractivity contribution is 7.86. The van der Waals surface area contributed by atoms with Crippen molar-refractivity contribution >= 4 is 21.7 Å². The summed E-state index contributed by atoms with van der Waals surface area (Å²) in [5.41, 5.74) is 0. The van der Waals surface area contributed by atoms with Crippen LogP contribution in [0.2, 0.25) is 5.02 Å². The van der Waals surface area contributed by atoms with Crippen molar-refractivity contribution < 1.29 is 12.6 Å². The molecule has 0 aliphatic carbocycles. The highest BCUT2D eigenvalue weighted by Crippen LogP contribution is 2.17. The van der Waals surface area contributed by atoms with E-state index in [9.17, 15) is 8.42 Å².